The molecule has 2 aromatic carbocycles. The summed E-state index contributed by atoms with van der Waals surface area (Å²) in [5.74, 6) is -0.0976. The molecule has 0 fully saturated rings. The Balaban J connectivity index is 2.07. The van der Waals surface area contributed by atoms with E-state index in [0.717, 1.165) is 10.6 Å². The first kappa shape index (κ1) is 20.3. The number of esters is 1. The van der Waals surface area contributed by atoms with Gasteiger partial charge in [0, 0.05) is 0 Å². The molecule has 0 aliphatic carbocycles. The molecule has 27 heavy (non-hydrogen) atoms. The number of carbonyl (C=O) groups excluding carboxylic acids is 2. The van der Waals surface area contributed by atoms with Gasteiger partial charge < -0.3 is 14.2 Å². The molecule has 7 nitrogen and oxygen atoms in total. The van der Waals surface area contributed by atoms with Gasteiger partial charge in [-0.2, -0.15) is 5.06 Å². The Labute approximate surface area is 158 Å². The van der Waals surface area contributed by atoms with Crippen molar-refractivity contribution in [3.8, 4) is 5.75 Å². The van der Waals surface area contributed by atoms with E-state index < -0.39 is 12.1 Å². The molecule has 2 rings (SSSR count). The highest BCUT2D eigenvalue weighted by Gasteiger charge is 2.19. The Hall–Kier alpha value is -3.06. The van der Waals surface area contributed by atoms with E-state index in [1.165, 1.54) is 14.2 Å². The van der Waals surface area contributed by atoms with Crippen LogP contribution >= 0.6 is 0 Å². The number of hydrogen-bond donors (Lipinski definition) is 0. The lowest BCUT2D eigenvalue weighted by Gasteiger charge is -2.20. The first-order valence-corrected chi connectivity index (χ1v) is 8.45. The zero-order valence-corrected chi connectivity index (χ0v) is 15.6. The summed E-state index contributed by atoms with van der Waals surface area (Å²) < 4.78 is 15.5. The van der Waals surface area contributed by atoms with Gasteiger partial charge in [0.1, 0.15) is 17.9 Å². The van der Waals surface area contributed by atoms with E-state index in [0.29, 0.717) is 11.3 Å². The molecule has 0 radical (unpaired) electrons. The van der Waals surface area contributed by atoms with Crippen LogP contribution in [0.5, 0.6) is 5.75 Å². The number of amides is 1. The van der Waals surface area contributed by atoms with Crippen LogP contribution in [-0.4, -0.2) is 38.0 Å². The highest BCUT2D eigenvalue weighted by atomic mass is 16.7. The van der Waals surface area contributed by atoms with Crippen LogP contribution in [0.15, 0.2) is 48.5 Å². The molecular weight excluding hydrogens is 350 g/mol. The van der Waals surface area contributed by atoms with Crippen LogP contribution in [0.3, 0.4) is 0 Å². The van der Waals surface area contributed by atoms with Crippen LogP contribution in [0, 0.1) is 0 Å². The molecule has 0 unspecified atom stereocenters. The van der Waals surface area contributed by atoms with Gasteiger partial charge in [0.25, 0.3) is 0 Å². The maximum atomic E-state index is 12.3. The van der Waals surface area contributed by atoms with Crippen LogP contribution in [0.25, 0.3) is 0 Å². The smallest absolute Gasteiger partial charge is 0.434 e. The first-order chi connectivity index (χ1) is 13.1. The van der Waals surface area contributed by atoms with Crippen LogP contribution in [0.4, 0.5) is 4.79 Å². The van der Waals surface area contributed by atoms with Gasteiger partial charge in [-0.3, -0.25) is 4.84 Å². The Bertz CT molecular complexity index is 762. The number of hydrogen-bond acceptors (Lipinski definition) is 6. The second-order valence-corrected chi connectivity index (χ2v) is 5.51. The van der Waals surface area contributed by atoms with Gasteiger partial charge in [0.15, 0.2) is 0 Å². The summed E-state index contributed by atoms with van der Waals surface area (Å²) in [7, 11) is 2.85. The summed E-state index contributed by atoms with van der Waals surface area (Å²) in [4.78, 5) is 29.5. The first-order valence-electron chi connectivity index (χ1n) is 8.45. The molecule has 0 aliphatic rings. The Morgan fingerprint density at radius 1 is 0.963 bits per heavy atom. The van der Waals surface area contributed by atoms with Crippen molar-refractivity contribution in [2.24, 2.45) is 0 Å². The predicted molar refractivity (Wildman–Crippen MR) is 98.1 cm³/mol. The van der Waals surface area contributed by atoms with Crippen LogP contribution in [0.2, 0.25) is 0 Å². The lowest BCUT2D eigenvalue weighted by atomic mass is 10.1. The van der Waals surface area contributed by atoms with Gasteiger partial charge in [-0.05, 0) is 30.2 Å². The number of carbonyl (C=O) groups is 2. The predicted octanol–water partition coefficient (Wildman–Crippen LogP) is 3.57. The SMILES string of the molecule is CCOC(=O)c1cc(CN(OC)C(=O)OCc2ccccc2)ccc1OC. The van der Waals surface area contributed by atoms with Crippen molar-refractivity contribution in [2.75, 3.05) is 20.8 Å². The number of nitrogens with zero attached hydrogens (tertiary/aromatic N) is 1. The van der Waals surface area contributed by atoms with E-state index in [4.69, 9.17) is 19.0 Å². The Morgan fingerprint density at radius 2 is 1.70 bits per heavy atom. The molecule has 1 amide bonds. The monoisotopic (exact) mass is 373 g/mol. The van der Waals surface area contributed by atoms with Crippen molar-refractivity contribution in [1.82, 2.24) is 5.06 Å². The van der Waals surface area contributed by atoms with E-state index >= 15 is 0 Å². The van der Waals surface area contributed by atoms with Crippen molar-refractivity contribution in [2.45, 2.75) is 20.1 Å². The average molecular weight is 373 g/mol. The van der Waals surface area contributed by atoms with Gasteiger partial charge >= 0.3 is 12.1 Å². The number of methoxy groups -OCH3 is 1. The number of ether oxygens (including phenoxy) is 3. The fourth-order valence-corrected chi connectivity index (χ4v) is 2.38. The topological polar surface area (TPSA) is 74.3 Å². The molecule has 0 saturated carbocycles. The standard InChI is InChI=1S/C20H23NO6/c1-4-26-19(22)17-12-16(10-11-18(17)24-2)13-21(25-3)20(23)27-14-15-8-6-5-7-9-15/h5-12H,4,13-14H2,1-3H3. The summed E-state index contributed by atoms with van der Waals surface area (Å²) in [5.41, 5.74) is 1.82. The Kier molecular flexibility index (Phi) is 7.63. The molecular formula is C20H23NO6. The molecule has 0 aliphatic heterocycles. The van der Waals surface area contributed by atoms with Crippen molar-refractivity contribution in [3.63, 3.8) is 0 Å². The lowest BCUT2D eigenvalue weighted by Crippen LogP contribution is -2.30. The molecule has 0 saturated heterocycles. The summed E-state index contributed by atoms with van der Waals surface area (Å²) >= 11 is 0. The van der Waals surface area contributed by atoms with Gasteiger partial charge in [-0.15, -0.1) is 0 Å². The Morgan fingerprint density at radius 3 is 2.33 bits per heavy atom. The fourth-order valence-electron chi connectivity index (χ4n) is 2.38. The maximum Gasteiger partial charge on any atom is 0.434 e. The van der Waals surface area contributed by atoms with Crippen LogP contribution in [0.1, 0.15) is 28.4 Å². The van der Waals surface area contributed by atoms with E-state index in [9.17, 15) is 9.59 Å². The number of benzene rings is 2. The second kappa shape index (κ2) is 10.2. The van der Waals surface area contributed by atoms with Crippen molar-refractivity contribution in [1.29, 1.82) is 0 Å². The van der Waals surface area contributed by atoms with Crippen molar-refractivity contribution in [3.05, 3.63) is 65.2 Å². The van der Waals surface area contributed by atoms with E-state index in [1.54, 1.807) is 25.1 Å². The third kappa shape index (κ3) is 5.72. The summed E-state index contributed by atoms with van der Waals surface area (Å²) in [6, 6.07) is 14.3. The highest BCUT2D eigenvalue weighted by molar-refractivity contribution is 5.92. The number of rotatable bonds is 8. The lowest BCUT2D eigenvalue weighted by molar-refractivity contribution is -0.118. The quantitative estimate of drug-likeness (QED) is 0.520. The molecule has 2 aromatic rings. The third-order valence-electron chi connectivity index (χ3n) is 3.71. The van der Waals surface area contributed by atoms with E-state index in [2.05, 4.69) is 0 Å². The molecule has 7 heteroatoms. The third-order valence-corrected chi connectivity index (χ3v) is 3.71. The molecule has 0 N–H and O–H groups in total. The van der Waals surface area contributed by atoms with E-state index in [1.807, 2.05) is 30.3 Å². The normalized spacial score (nSPS) is 10.2. The summed E-state index contributed by atoms with van der Waals surface area (Å²) in [6.07, 6.45) is -0.630. The van der Waals surface area contributed by atoms with Crippen molar-refractivity contribution >= 4 is 12.1 Å². The maximum absolute atomic E-state index is 12.3. The largest absolute Gasteiger partial charge is 0.496 e. The highest BCUT2D eigenvalue weighted by Crippen LogP contribution is 2.22. The van der Waals surface area contributed by atoms with Gasteiger partial charge in [-0.25, -0.2) is 9.59 Å². The van der Waals surface area contributed by atoms with Gasteiger partial charge in [0.05, 0.1) is 27.4 Å². The van der Waals surface area contributed by atoms with E-state index in [-0.39, 0.29) is 25.3 Å². The molecule has 0 heterocycles. The van der Waals surface area contributed by atoms with Crippen LogP contribution in [-0.2, 0) is 27.5 Å². The molecule has 0 atom stereocenters. The molecule has 0 aromatic heterocycles. The van der Waals surface area contributed by atoms with Gasteiger partial charge in [-0.1, -0.05) is 36.4 Å². The summed E-state index contributed by atoms with van der Waals surface area (Å²) in [5, 5.41) is 1.07. The minimum atomic E-state index is -0.630. The molecule has 0 spiro atoms. The minimum absolute atomic E-state index is 0.0977. The zero-order valence-electron chi connectivity index (χ0n) is 15.6. The second-order valence-electron chi connectivity index (χ2n) is 5.51. The zero-order chi connectivity index (χ0) is 19.6. The minimum Gasteiger partial charge on any atom is -0.496 e. The van der Waals surface area contributed by atoms with Crippen molar-refractivity contribution < 1.29 is 28.6 Å². The summed E-state index contributed by atoms with van der Waals surface area (Å²) in [6.45, 7) is 2.21. The van der Waals surface area contributed by atoms with Gasteiger partial charge in [0.2, 0.25) is 0 Å². The average Bonchev–Trinajstić information content (AvgIpc) is 2.71. The van der Waals surface area contributed by atoms with Crippen LogP contribution < -0.4 is 4.74 Å². The molecule has 0 bridgehead atoms. The number of hydroxylamine groups is 2. The fraction of sp³-hybridized carbons (Fsp3) is 0.300. The molecule has 144 valence electrons.